The largest absolute Gasteiger partial charge is 0.472 e. The van der Waals surface area contributed by atoms with E-state index in [1.807, 2.05) is 27.2 Å². The van der Waals surface area contributed by atoms with Crippen molar-refractivity contribution >= 4 is 13.7 Å². The van der Waals surface area contributed by atoms with Crippen molar-refractivity contribution < 1.29 is 32.9 Å². The Morgan fingerprint density at radius 3 is 0.964 bits per heavy atom. The van der Waals surface area contributed by atoms with Gasteiger partial charge in [0, 0.05) is 6.42 Å². The maximum atomic E-state index is 13.1. The predicted molar refractivity (Wildman–Crippen MR) is 365 cm³/mol. The summed E-state index contributed by atoms with van der Waals surface area (Å²) in [6.07, 6.45) is 86.4. The Balaban J connectivity index is 4.02. The molecule has 0 aromatic carbocycles. The third kappa shape index (κ3) is 68.3. The Hall–Kier alpha value is -1.02. The standard InChI is InChI=1S/C74H147N2O6P/c1-6-8-10-12-14-16-18-20-22-24-26-28-30-32-34-36-38-40-42-44-46-48-50-52-54-56-58-60-62-64-66-68-74(78)75-72(71-82-83(79,80)81-70-69-76(3,4)5)73(77)67-65-63-61-59-57-55-53-51-49-47-45-43-41-39-37-35-33-31-29-27-25-23-21-19-17-15-13-11-9-7-2/h57,59,65,67,72-73,77H,6-56,58,60-64,66,68-71H2,1-5H3,(H-,75,78,79,80)/p+1/b59-57+,67-65+. The normalized spacial score (nSPS) is 13.7. The number of hydrogen-bond acceptors (Lipinski definition) is 5. The first-order valence-electron chi connectivity index (χ1n) is 37.2. The number of quaternary nitrogens is 1. The number of likely N-dealkylation sites (N-methyl/N-ethyl adjacent to an activating group) is 1. The molecule has 3 N–H and O–H groups in total. The number of unbranched alkanes of at least 4 members (excludes halogenated alkanes) is 55. The minimum absolute atomic E-state index is 0.0592. The zero-order valence-corrected chi connectivity index (χ0v) is 57.6. The molecule has 0 radical (unpaired) electrons. The van der Waals surface area contributed by atoms with Gasteiger partial charge in [0.1, 0.15) is 13.2 Å². The highest BCUT2D eigenvalue weighted by Crippen LogP contribution is 2.43. The second-order valence-corrected chi connectivity index (χ2v) is 28.5. The van der Waals surface area contributed by atoms with Crippen LogP contribution >= 0.6 is 7.82 Å². The number of rotatable bonds is 70. The fourth-order valence-electron chi connectivity index (χ4n) is 11.7. The van der Waals surface area contributed by atoms with Crippen LogP contribution in [0.3, 0.4) is 0 Å². The molecule has 0 aliphatic carbocycles. The van der Waals surface area contributed by atoms with Gasteiger partial charge in [-0.25, -0.2) is 4.57 Å². The molecule has 494 valence electrons. The van der Waals surface area contributed by atoms with Gasteiger partial charge in [0.2, 0.25) is 5.91 Å². The molecular formula is C74H148N2O6P+. The van der Waals surface area contributed by atoms with Crippen LogP contribution in [-0.4, -0.2) is 73.4 Å². The van der Waals surface area contributed by atoms with Crippen LogP contribution in [0.15, 0.2) is 24.3 Å². The summed E-state index contributed by atoms with van der Waals surface area (Å²) in [6.45, 7) is 4.87. The topological polar surface area (TPSA) is 105 Å². The van der Waals surface area contributed by atoms with E-state index >= 15 is 0 Å². The summed E-state index contributed by atoms with van der Waals surface area (Å²) in [5.74, 6) is -0.177. The molecule has 0 aliphatic rings. The van der Waals surface area contributed by atoms with Crippen LogP contribution in [0, 0.1) is 0 Å². The molecule has 0 fully saturated rings. The van der Waals surface area contributed by atoms with Gasteiger partial charge in [-0.15, -0.1) is 0 Å². The van der Waals surface area contributed by atoms with E-state index in [0.717, 1.165) is 38.5 Å². The van der Waals surface area contributed by atoms with Gasteiger partial charge in [0.05, 0.1) is 39.9 Å². The first kappa shape index (κ1) is 82.0. The molecule has 1 amide bonds. The molecule has 0 spiro atoms. The lowest BCUT2D eigenvalue weighted by Gasteiger charge is -2.25. The molecule has 0 heterocycles. The van der Waals surface area contributed by atoms with E-state index in [2.05, 4.69) is 31.3 Å². The van der Waals surface area contributed by atoms with E-state index in [0.29, 0.717) is 17.4 Å². The van der Waals surface area contributed by atoms with Crippen molar-refractivity contribution in [2.45, 2.75) is 405 Å². The quantitative estimate of drug-likeness (QED) is 0.0243. The highest BCUT2D eigenvalue weighted by atomic mass is 31.2. The van der Waals surface area contributed by atoms with Gasteiger partial charge in [-0.1, -0.05) is 378 Å². The lowest BCUT2D eigenvalue weighted by atomic mass is 10.0. The summed E-state index contributed by atoms with van der Waals surface area (Å²) in [5, 5.41) is 14.0. The summed E-state index contributed by atoms with van der Waals surface area (Å²) in [7, 11) is 1.58. The lowest BCUT2D eigenvalue weighted by Crippen LogP contribution is -2.45. The summed E-state index contributed by atoms with van der Waals surface area (Å²) in [4.78, 5) is 23.4. The van der Waals surface area contributed by atoms with Gasteiger partial charge in [0.25, 0.3) is 0 Å². The third-order valence-corrected chi connectivity index (χ3v) is 18.4. The van der Waals surface area contributed by atoms with E-state index < -0.39 is 20.0 Å². The van der Waals surface area contributed by atoms with Crippen LogP contribution in [0.4, 0.5) is 0 Å². The number of allylic oxidation sites excluding steroid dienone is 3. The van der Waals surface area contributed by atoms with E-state index in [-0.39, 0.29) is 19.1 Å². The van der Waals surface area contributed by atoms with Crippen molar-refractivity contribution in [3.8, 4) is 0 Å². The number of phosphoric ester groups is 1. The van der Waals surface area contributed by atoms with E-state index in [9.17, 15) is 19.4 Å². The lowest BCUT2D eigenvalue weighted by molar-refractivity contribution is -0.870. The number of nitrogens with zero attached hydrogens (tertiary/aromatic N) is 1. The Morgan fingerprint density at radius 1 is 0.398 bits per heavy atom. The Morgan fingerprint density at radius 2 is 0.663 bits per heavy atom. The number of aliphatic hydroxyl groups is 1. The minimum Gasteiger partial charge on any atom is -0.387 e. The van der Waals surface area contributed by atoms with E-state index in [1.165, 1.54) is 334 Å². The summed E-state index contributed by atoms with van der Waals surface area (Å²) in [5.41, 5.74) is 0. The van der Waals surface area contributed by atoms with Gasteiger partial charge < -0.3 is 19.8 Å². The van der Waals surface area contributed by atoms with Crippen molar-refractivity contribution in [3.05, 3.63) is 24.3 Å². The Bertz CT molecular complexity index is 1400. The fraction of sp³-hybridized carbons (Fsp3) is 0.932. The molecule has 0 aliphatic heterocycles. The fourth-order valence-corrected chi connectivity index (χ4v) is 12.4. The number of carbonyl (C=O) groups excluding carboxylic acids is 1. The summed E-state index contributed by atoms with van der Waals surface area (Å²) < 4.78 is 23.8. The molecule has 0 saturated carbocycles. The smallest absolute Gasteiger partial charge is 0.387 e. The van der Waals surface area contributed by atoms with Crippen molar-refractivity contribution in [3.63, 3.8) is 0 Å². The van der Waals surface area contributed by atoms with Gasteiger partial charge >= 0.3 is 7.82 Å². The number of amides is 1. The van der Waals surface area contributed by atoms with Crippen LogP contribution in [-0.2, 0) is 18.4 Å². The van der Waals surface area contributed by atoms with Gasteiger partial charge in [-0.05, 0) is 32.1 Å². The van der Waals surface area contributed by atoms with Crippen molar-refractivity contribution in [2.75, 3.05) is 40.9 Å². The second kappa shape index (κ2) is 65.4. The zero-order valence-electron chi connectivity index (χ0n) is 56.7. The molecule has 0 bridgehead atoms. The molecular weight excluding hydrogens is 1040 g/mol. The summed E-state index contributed by atoms with van der Waals surface area (Å²) in [6, 6.07) is -0.862. The number of hydrogen-bond donors (Lipinski definition) is 3. The van der Waals surface area contributed by atoms with Crippen LogP contribution in [0.25, 0.3) is 0 Å². The molecule has 3 atom stereocenters. The van der Waals surface area contributed by atoms with Crippen LogP contribution in [0.1, 0.15) is 393 Å². The SMILES string of the molecule is CCCCCCCCCCCCCCCCCCCCCCCCCC/C=C/CC/C=C/C(O)C(COP(=O)(O)OCC[N+](C)(C)C)NC(=O)CCCCCCCCCCCCCCCCCCCCCCCCCCCCCCCCC. The van der Waals surface area contributed by atoms with E-state index in [4.69, 9.17) is 9.05 Å². The predicted octanol–water partition coefficient (Wildman–Crippen LogP) is 23.8. The van der Waals surface area contributed by atoms with Crippen molar-refractivity contribution in [1.29, 1.82) is 0 Å². The highest BCUT2D eigenvalue weighted by molar-refractivity contribution is 7.47. The highest BCUT2D eigenvalue weighted by Gasteiger charge is 2.28. The number of carbonyl (C=O) groups is 1. The Labute approximate surface area is 519 Å². The van der Waals surface area contributed by atoms with Gasteiger partial charge in [0.15, 0.2) is 0 Å². The minimum atomic E-state index is -4.36. The Kier molecular flexibility index (Phi) is 64.6. The number of phosphoric acid groups is 1. The average Bonchev–Trinajstić information content (AvgIpc) is 3.49. The van der Waals surface area contributed by atoms with Crippen LogP contribution in [0.2, 0.25) is 0 Å². The number of nitrogens with one attached hydrogen (secondary N) is 1. The molecule has 9 heteroatoms. The average molecular weight is 1190 g/mol. The second-order valence-electron chi connectivity index (χ2n) is 27.0. The summed E-state index contributed by atoms with van der Waals surface area (Å²) >= 11 is 0. The zero-order chi connectivity index (χ0) is 60.5. The van der Waals surface area contributed by atoms with Crippen LogP contribution < -0.4 is 5.32 Å². The molecule has 83 heavy (non-hydrogen) atoms. The molecule has 3 unspecified atom stereocenters. The van der Waals surface area contributed by atoms with Crippen LogP contribution in [0.5, 0.6) is 0 Å². The van der Waals surface area contributed by atoms with Gasteiger partial charge in [-0.3, -0.25) is 13.8 Å². The van der Waals surface area contributed by atoms with Crippen molar-refractivity contribution in [2.24, 2.45) is 0 Å². The van der Waals surface area contributed by atoms with Gasteiger partial charge in [-0.2, -0.15) is 0 Å². The monoisotopic (exact) mass is 1190 g/mol. The molecule has 0 aromatic heterocycles. The maximum absolute atomic E-state index is 13.1. The third-order valence-electron chi connectivity index (χ3n) is 17.4. The first-order chi connectivity index (χ1) is 40.5. The maximum Gasteiger partial charge on any atom is 0.472 e. The van der Waals surface area contributed by atoms with E-state index in [1.54, 1.807) is 6.08 Å². The molecule has 0 saturated heterocycles. The molecule has 8 nitrogen and oxygen atoms in total. The van der Waals surface area contributed by atoms with Crippen molar-refractivity contribution in [1.82, 2.24) is 5.32 Å². The molecule has 0 aromatic rings. The molecule has 0 rings (SSSR count). The first-order valence-corrected chi connectivity index (χ1v) is 38.7. The number of aliphatic hydroxyl groups excluding tert-OH is 1.